The van der Waals surface area contributed by atoms with Gasteiger partial charge >= 0.3 is 12.1 Å². The molecule has 0 unspecified atom stereocenters. The number of carbonyl (C=O) groups is 1. The number of fused-ring (bicyclic) bond motifs is 1. The maximum absolute atomic E-state index is 12.7. The van der Waals surface area contributed by atoms with Crippen molar-refractivity contribution in [1.29, 1.82) is 0 Å². The lowest BCUT2D eigenvalue weighted by atomic mass is 10.1. The van der Waals surface area contributed by atoms with Gasteiger partial charge in [-0.25, -0.2) is 9.78 Å². The largest absolute Gasteiger partial charge is 0.465 e. The number of H-pyrrole nitrogens is 1. The lowest BCUT2D eigenvalue weighted by Crippen LogP contribution is -2.15. The molecule has 0 spiro atoms. The van der Waals surface area contributed by atoms with Crippen LogP contribution >= 0.6 is 0 Å². The summed E-state index contributed by atoms with van der Waals surface area (Å²) in [4.78, 5) is 17.7. The number of alkyl halides is 3. The van der Waals surface area contributed by atoms with Crippen molar-refractivity contribution in [3.05, 3.63) is 29.6 Å². The predicted molar refractivity (Wildman–Crippen MR) is 52.4 cm³/mol. The fourth-order valence-corrected chi connectivity index (χ4v) is 1.54. The van der Waals surface area contributed by atoms with Crippen molar-refractivity contribution in [2.24, 2.45) is 0 Å². The van der Waals surface area contributed by atoms with Gasteiger partial charge in [0.15, 0.2) is 0 Å². The first kappa shape index (κ1) is 11.4. The summed E-state index contributed by atoms with van der Waals surface area (Å²) in [6, 6.07) is 1.35. The van der Waals surface area contributed by atoms with Crippen LogP contribution in [-0.2, 0) is 10.9 Å². The minimum Gasteiger partial charge on any atom is -0.465 e. The summed E-state index contributed by atoms with van der Waals surface area (Å²) in [5.41, 5.74) is -1.42. The zero-order chi connectivity index (χ0) is 12.6. The van der Waals surface area contributed by atoms with Gasteiger partial charge in [-0.15, -0.1) is 0 Å². The number of pyridine rings is 1. The third-order valence-electron chi connectivity index (χ3n) is 2.28. The van der Waals surface area contributed by atoms with Crippen LogP contribution in [0.1, 0.15) is 15.9 Å². The highest BCUT2D eigenvalue weighted by Gasteiger charge is 2.37. The van der Waals surface area contributed by atoms with E-state index in [2.05, 4.69) is 14.7 Å². The van der Waals surface area contributed by atoms with E-state index < -0.39 is 23.3 Å². The summed E-state index contributed by atoms with van der Waals surface area (Å²) >= 11 is 0. The van der Waals surface area contributed by atoms with E-state index in [1.807, 2.05) is 0 Å². The number of hydrogen-bond acceptors (Lipinski definition) is 3. The van der Waals surface area contributed by atoms with Crippen LogP contribution in [0.5, 0.6) is 0 Å². The Bertz CT molecular complexity index is 574. The maximum Gasteiger partial charge on any atom is 0.418 e. The first-order valence-electron chi connectivity index (χ1n) is 4.56. The Labute approximate surface area is 93.4 Å². The molecule has 0 aliphatic rings. The Balaban J connectivity index is 2.79. The summed E-state index contributed by atoms with van der Waals surface area (Å²) in [7, 11) is 1.03. The highest BCUT2D eigenvalue weighted by atomic mass is 19.4. The fourth-order valence-electron chi connectivity index (χ4n) is 1.54. The van der Waals surface area contributed by atoms with Crippen LogP contribution < -0.4 is 0 Å². The van der Waals surface area contributed by atoms with Gasteiger partial charge in [0.1, 0.15) is 5.65 Å². The molecule has 0 saturated heterocycles. The second-order valence-electron chi connectivity index (χ2n) is 3.28. The molecule has 0 radical (unpaired) electrons. The summed E-state index contributed by atoms with van der Waals surface area (Å²) in [5.74, 6) is -1.04. The number of nitrogens with zero attached hydrogens (tertiary/aromatic N) is 1. The molecular formula is C10H7F3N2O2. The van der Waals surface area contributed by atoms with Crippen molar-refractivity contribution in [1.82, 2.24) is 9.97 Å². The van der Waals surface area contributed by atoms with Gasteiger partial charge < -0.3 is 9.72 Å². The Morgan fingerprint density at radius 3 is 2.76 bits per heavy atom. The number of aromatic amines is 1. The molecule has 1 N–H and O–H groups in total. The number of halogens is 3. The Morgan fingerprint density at radius 2 is 2.18 bits per heavy atom. The molecule has 7 heteroatoms. The Morgan fingerprint density at radius 1 is 1.47 bits per heavy atom. The molecule has 0 fully saturated rings. The number of aromatic nitrogens is 2. The molecule has 90 valence electrons. The minimum atomic E-state index is -4.65. The molecule has 0 aliphatic heterocycles. The van der Waals surface area contributed by atoms with Crippen LogP contribution in [0.4, 0.5) is 13.2 Å². The second-order valence-corrected chi connectivity index (χ2v) is 3.28. The minimum absolute atomic E-state index is 0.0895. The van der Waals surface area contributed by atoms with Crippen LogP contribution in [0.2, 0.25) is 0 Å². The van der Waals surface area contributed by atoms with E-state index in [1.54, 1.807) is 0 Å². The molecule has 2 aromatic rings. The molecule has 0 bridgehead atoms. The van der Waals surface area contributed by atoms with Crippen molar-refractivity contribution < 1.29 is 22.7 Å². The molecule has 0 amide bonds. The number of methoxy groups -OCH3 is 1. The van der Waals surface area contributed by atoms with Gasteiger partial charge in [-0.05, 0) is 6.07 Å². The van der Waals surface area contributed by atoms with Gasteiger partial charge in [-0.1, -0.05) is 0 Å². The van der Waals surface area contributed by atoms with Crippen molar-refractivity contribution in [3.8, 4) is 0 Å². The molecule has 0 aliphatic carbocycles. The molecule has 0 atom stereocenters. The van der Waals surface area contributed by atoms with Crippen LogP contribution in [0.3, 0.4) is 0 Å². The zero-order valence-corrected chi connectivity index (χ0v) is 8.63. The normalized spacial score (nSPS) is 11.8. The monoisotopic (exact) mass is 244 g/mol. The van der Waals surface area contributed by atoms with E-state index in [0.717, 1.165) is 7.11 Å². The summed E-state index contributed by atoms with van der Waals surface area (Å²) < 4.78 is 42.5. The molecule has 0 saturated carbocycles. The van der Waals surface area contributed by atoms with Crippen molar-refractivity contribution in [3.63, 3.8) is 0 Å². The first-order chi connectivity index (χ1) is 7.95. The first-order valence-corrected chi connectivity index (χ1v) is 4.56. The van der Waals surface area contributed by atoms with Crippen molar-refractivity contribution >= 4 is 17.0 Å². The quantitative estimate of drug-likeness (QED) is 0.783. The lowest BCUT2D eigenvalue weighted by Gasteiger charge is -2.11. The van der Waals surface area contributed by atoms with Crippen LogP contribution in [0.15, 0.2) is 18.5 Å². The SMILES string of the molecule is COC(=O)c1c(C(F)(F)F)cnc2[nH]ccc12. The molecule has 2 aromatic heterocycles. The number of hydrogen-bond donors (Lipinski definition) is 1. The number of rotatable bonds is 1. The van der Waals surface area contributed by atoms with Gasteiger partial charge in [0.2, 0.25) is 0 Å². The molecule has 0 aromatic carbocycles. The van der Waals surface area contributed by atoms with Crippen LogP contribution in [0.25, 0.3) is 11.0 Å². The standard InChI is InChI=1S/C10H7F3N2O2/c1-17-9(16)7-5-2-3-14-8(5)15-4-6(7)10(11,12)13/h2-4H,1H3,(H,14,15). The fraction of sp³-hybridized carbons (Fsp3) is 0.200. The molecule has 2 rings (SSSR count). The number of ether oxygens (including phenoxy) is 1. The molecule has 2 heterocycles. The summed E-state index contributed by atoms with van der Waals surface area (Å²) in [6.07, 6.45) is -2.63. The van der Waals surface area contributed by atoms with E-state index in [4.69, 9.17) is 0 Å². The van der Waals surface area contributed by atoms with E-state index in [9.17, 15) is 18.0 Å². The third kappa shape index (κ3) is 1.83. The Kier molecular flexibility index (Phi) is 2.53. The summed E-state index contributed by atoms with van der Waals surface area (Å²) in [5, 5.41) is 0.0895. The Hall–Kier alpha value is -2.05. The second kappa shape index (κ2) is 3.76. The summed E-state index contributed by atoms with van der Waals surface area (Å²) in [6.45, 7) is 0. The van der Waals surface area contributed by atoms with E-state index >= 15 is 0 Å². The molecule has 17 heavy (non-hydrogen) atoms. The van der Waals surface area contributed by atoms with E-state index in [-0.39, 0.29) is 11.0 Å². The topological polar surface area (TPSA) is 55.0 Å². The van der Waals surface area contributed by atoms with Gasteiger partial charge in [0.05, 0.1) is 18.2 Å². The van der Waals surface area contributed by atoms with Gasteiger partial charge in [0.25, 0.3) is 0 Å². The van der Waals surface area contributed by atoms with Crippen LogP contribution in [-0.4, -0.2) is 23.0 Å². The predicted octanol–water partition coefficient (Wildman–Crippen LogP) is 2.37. The average molecular weight is 244 g/mol. The third-order valence-corrected chi connectivity index (χ3v) is 2.28. The number of nitrogens with one attached hydrogen (secondary N) is 1. The van der Waals surface area contributed by atoms with Gasteiger partial charge in [0, 0.05) is 17.8 Å². The average Bonchev–Trinajstić information content (AvgIpc) is 2.73. The highest BCUT2D eigenvalue weighted by Crippen LogP contribution is 2.34. The molecule has 4 nitrogen and oxygen atoms in total. The smallest absolute Gasteiger partial charge is 0.418 e. The van der Waals surface area contributed by atoms with E-state index in [1.165, 1.54) is 12.3 Å². The molecular weight excluding hydrogens is 237 g/mol. The van der Waals surface area contributed by atoms with Gasteiger partial charge in [-0.2, -0.15) is 13.2 Å². The van der Waals surface area contributed by atoms with Crippen LogP contribution in [0, 0.1) is 0 Å². The van der Waals surface area contributed by atoms with E-state index in [0.29, 0.717) is 6.20 Å². The zero-order valence-electron chi connectivity index (χ0n) is 8.63. The lowest BCUT2D eigenvalue weighted by molar-refractivity contribution is -0.138. The van der Waals surface area contributed by atoms with Crippen molar-refractivity contribution in [2.75, 3.05) is 7.11 Å². The maximum atomic E-state index is 12.7. The highest BCUT2D eigenvalue weighted by molar-refractivity contribution is 6.04. The number of esters is 1. The number of carbonyl (C=O) groups excluding carboxylic acids is 1. The van der Waals surface area contributed by atoms with Crippen molar-refractivity contribution in [2.45, 2.75) is 6.18 Å². The van der Waals surface area contributed by atoms with Gasteiger partial charge in [-0.3, -0.25) is 0 Å².